The Bertz CT molecular complexity index is 1220. The van der Waals surface area contributed by atoms with Crippen molar-refractivity contribution in [3.05, 3.63) is 71.5 Å². The Kier molecular flexibility index (Phi) is 7.43. The molecule has 2 aliphatic rings. The molecule has 4 heteroatoms. The number of aromatic amines is 2. The Morgan fingerprint density at radius 3 is 2.17 bits per heavy atom. The monoisotopic (exact) mass is 482 g/mol. The normalized spacial score (nSPS) is 18.1. The van der Waals surface area contributed by atoms with E-state index in [0.717, 1.165) is 12.8 Å². The van der Waals surface area contributed by atoms with E-state index in [1.807, 2.05) is 0 Å². The zero-order valence-corrected chi connectivity index (χ0v) is 21.8. The molecule has 0 radical (unpaired) electrons. The van der Waals surface area contributed by atoms with E-state index in [4.69, 9.17) is 0 Å². The molecule has 0 spiro atoms. The van der Waals surface area contributed by atoms with Gasteiger partial charge in [-0.3, -0.25) is 0 Å². The fraction of sp³-hybridized carbons (Fsp3) is 0.500. The summed E-state index contributed by atoms with van der Waals surface area (Å²) < 4.78 is 0. The van der Waals surface area contributed by atoms with E-state index in [1.165, 1.54) is 117 Å². The Morgan fingerprint density at radius 2 is 1.39 bits per heavy atom. The lowest BCUT2D eigenvalue weighted by Crippen LogP contribution is -2.24. The summed E-state index contributed by atoms with van der Waals surface area (Å²) in [6.07, 6.45) is 11.5. The summed E-state index contributed by atoms with van der Waals surface area (Å²) in [5.41, 5.74) is 7.04. The number of aromatic nitrogens is 2. The van der Waals surface area contributed by atoms with Crippen LogP contribution in [0.5, 0.6) is 0 Å². The Balaban J connectivity index is 1.20. The smallest absolute Gasteiger partial charge is 0.0458 e. The van der Waals surface area contributed by atoms with E-state index in [0.29, 0.717) is 5.92 Å². The van der Waals surface area contributed by atoms with E-state index in [2.05, 4.69) is 74.4 Å². The summed E-state index contributed by atoms with van der Waals surface area (Å²) in [6, 6.07) is 20.0. The molecule has 1 atom stereocenters. The van der Waals surface area contributed by atoms with E-state index in [9.17, 15) is 0 Å². The summed E-state index contributed by atoms with van der Waals surface area (Å²) in [7, 11) is 0. The molecular formula is C32H42N4. The molecule has 2 fully saturated rings. The molecule has 0 bridgehead atoms. The van der Waals surface area contributed by atoms with Crippen molar-refractivity contribution in [3.63, 3.8) is 0 Å². The number of para-hydroxylation sites is 2. The SMILES string of the molecule is c1ccc2[nH]c(CCC(CCN3CCCC3)Cc3[nH]c4ccccc4c3CCN3CCCC3)cc2c1. The molecule has 1 unspecified atom stereocenters. The largest absolute Gasteiger partial charge is 0.358 e. The first-order valence-electron chi connectivity index (χ1n) is 14.4. The van der Waals surface area contributed by atoms with Crippen LogP contribution in [0.1, 0.15) is 55.5 Å². The number of aryl methyl sites for hydroxylation is 1. The van der Waals surface area contributed by atoms with E-state index in [1.54, 1.807) is 5.56 Å². The average molecular weight is 483 g/mol. The first kappa shape index (κ1) is 23.8. The molecule has 190 valence electrons. The molecule has 0 aliphatic carbocycles. The number of hydrogen-bond donors (Lipinski definition) is 2. The summed E-state index contributed by atoms with van der Waals surface area (Å²) >= 11 is 0. The maximum absolute atomic E-state index is 3.88. The Morgan fingerprint density at radius 1 is 0.694 bits per heavy atom. The minimum absolute atomic E-state index is 0.690. The van der Waals surface area contributed by atoms with Crippen LogP contribution >= 0.6 is 0 Å². The number of benzene rings is 2. The molecule has 4 aromatic rings. The molecule has 2 aliphatic heterocycles. The fourth-order valence-corrected chi connectivity index (χ4v) is 6.63. The van der Waals surface area contributed by atoms with Crippen molar-refractivity contribution in [1.82, 2.24) is 19.8 Å². The van der Waals surface area contributed by atoms with Crippen molar-refractivity contribution in [2.24, 2.45) is 5.92 Å². The number of hydrogen-bond acceptors (Lipinski definition) is 2. The average Bonchev–Trinajstić information content (AvgIpc) is 3.71. The lowest BCUT2D eigenvalue weighted by atomic mass is 9.91. The summed E-state index contributed by atoms with van der Waals surface area (Å²) in [5.74, 6) is 0.690. The van der Waals surface area contributed by atoms with Crippen LogP contribution in [0.2, 0.25) is 0 Å². The van der Waals surface area contributed by atoms with Gasteiger partial charge in [-0.1, -0.05) is 36.4 Å². The van der Waals surface area contributed by atoms with Crippen LogP contribution < -0.4 is 0 Å². The third-order valence-corrected chi connectivity index (χ3v) is 8.73. The minimum atomic E-state index is 0.690. The third kappa shape index (κ3) is 5.55. The first-order valence-corrected chi connectivity index (χ1v) is 14.4. The van der Waals surface area contributed by atoms with Gasteiger partial charge in [0.05, 0.1) is 0 Å². The van der Waals surface area contributed by atoms with Gasteiger partial charge < -0.3 is 19.8 Å². The highest BCUT2D eigenvalue weighted by Crippen LogP contribution is 2.29. The van der Waals surface area contributed by atoms with Crippen LogP contribution in [0.15, 0.2) is 54.6 Å². The van der Waals surface area contributed by atoms with Gasteiger partial charge in [-0.2, -0.15) is 0 Å². The summed E-state index contributed by atoms with van der Waals surface area (Å²) in [5, 5.41) is 2.78. The zero-order chi connectivity index (χ0) is 24.2. The molecule has 0 amide bonds. The van der Waals surface area contributed by atoms with Gasteiger partial charge in [0.1, 0.15) is 0 Å². The van der Waals surface area contributed by atoms with E-state index in [-0.39, 0.29) is 0 Å². The molecule has 4 heterocycles. The van der Waals surface area contributed by atoms with Crippen LogP contribution in [0, 0.1) is 5.92 Å². The topological polar surface area (TPSA) is 38.1 Å². The van der Waals surface area contributed by atoms with Crippen LogP contribution in [0.3, 0.4) is 0 Å². The van der Waals surface area contributed by atoms with Crippen molar-refractivity contribution in [2.75, 3.05) is 39.3 Å². The standard InChI is InChI=1S/C32H42N4/c1-3-11-30-26(9-1)24-27(33-30)14-13-25(15-21-35-17-5-6-18-35)23-32-29(16-22-36-19-7-8-20-36)28-10-2-4-12-31(28)34-32/h1-4,9-12,24-25,33-34H,5-8,13-23H2. The second-order valence-electron chi connectivity index (χ2n) is 11.3. The Labute approximate surface area is 216 Å². The molecule has 2 saturated heterocycles. The molecule has 0 saturated carbocycles. The summed E-state index contributed by atoms with van der Waals surface area (Å²) in [6.45, 7) is 7.59. The molecule has 2 aromatic heterocycles. The van der Waals surface area contributed by atoms with Crippen molar-refractivity contribution >= 4 is 21.8 Å². The fourth-order valence-electron chi connectivity index (χ4n) is 6.63. The Hall–Kier alpha value is -2.56. The minimum Gasteiger partial charge on any atom is -0.358 e. The predicted molar refractivity (Wildman–Crippen MR) is 152 cm³/mol. The molecule has 2 N–H and O–H groups in total. The lowest BCUT2D eigenvalue weighted by Gasteiger charge is -2.22. The first-order chi connectivity index (χ1) is 17.8. The van der Waals surface area contributed by atoms with Gasteiger partial charge in [0, 0.05) is 34.4 Å². The zero-order valence-electron chi connectivity index (χ0n) is 21.8. The van der Waals surface area contributed by atoms with Gasteiger partial charge in [0.25, 0.3) is 0 Å². The van der Waals surface area contributed by atoms with Crippen LogP contribution in [0.25, 0.3) is 21.8 Å². The molecule has 4 nitrogen and oxygen atoms in total. The highest BCUT2D eigenvalue weighted by Gasteiger charge is 2.20. The van der Waals surface area contributed by atoms with E-state index >= 15 is 0 Å². The highest BCUT2D eigenvalue weighted by molar-refractivity contribution is 5.84. The molecule has 2 aromatic carbocycles. The van der Waals surface area contributed by atoms with Crippen LogP contribution in [0.4, 0.5) is 0 Å². The van der Waals surface area contributed by atoms with Crippen LogP contribution in [-0.4, -0.2) is 59.0 Å². The van der Waals surface area contributed by atoms with Gasteiger partial charge in [0.2, 0.25) is 0 Å². The number of H-pyrrole nitrogens is 2. The van der Waals surface area contributed by atoms with Crippen LogP contribution in [-0.2, 0) is 19.3 Å². The van der Waals surface area contributed by atoms with E-state index < -0.39 is 0 Å². The third-order valence-electron chi connectivity index (χ3n) is 8.73. The number of rotatable bonds is 11. The van der Waals surface area contributed by atoms with Gasteiger partial charge in [-0.25, -0.2) is 0 Å². The maximum atomic E-state index is 3.88. The number of nitrogens with zero attached hydrogens (tertiary/aromatic N) is 2. The van der Waals surface area contributed by atoms with Crippen molar-refractivity contribution in [3.8, 4) is 0 Å². The van der Waals surface area contributed by atoms with Crippen molar-refractivity contribution in [2.45, 2.75) is 57.8 Å². The number of likely N-dealkylation sites (tertiary alicyclic amines) is 2. The number of fused-ring (bicyclic) bond motifs is 2. The van der Waals surface area contributed by atoms with Gasteiger partial charge in [-0.15, -0.1) is 0 Å². The maximum Gasteiger partial charge on any atom is 0.0458 e. The van der Waals surface area contributed by atoms with Crippen molar-refractivity contribution < 1.29 is 0 Å². The number of nitrogens with one attached hydrogen (secondary N) is 2. The molecule has 6 rings (SSSR count). The highest BCUT2D eigenvalue weighted by atomic mass is 15.1. The van der Waals surface area contributed by atoms with Crippen molar-refractivity contribution in [1.29, 1.82) is 0 Å². The second kappa shape index (κ2) is 11.2. The predicted octanol–water partition coefficient (Wildman–Crippen LogP) is 6.56. The van der Waals surface area contributed by atoms with Gasteiger partial charge in [-0.05, 0) is 126 Å². The quantitative estimate of drug-likeness (QED) is 0.254. The lowest BCUT2D eigenvalue weighted by molar-refractivity contribution is 0.293. The second-order valence-corrected chi connectivity index (χ2v) is 11.3. The van der Waals surface area contributed by atoms with Gasteiger partial charge >= 0.3 is 0 Å². The molecule has 36 heavy (non-hydrogen) atoms. The van der Waals surface area contributed by atoms with Gasteiger partial charge in [0.15, 0.2) is 0 Å². The summed E-state index contributed by atoms with van der Waals surface area (Å²) in [4.78, 5) is 12.9. The molecular weight excluding hydrogens is 440 g/mol.